The van der Waals surface area contributed by atoms with E-state index in [-0.39, 0.29) is 18.4 Å². The monoisotopic (exact) mass is 268 g/mol. The number of carboxylic acid groups (broad SMARTS) is 1. The summed E-state index contributed by atoms with van der Waals surface area (Å²) in [6.45, 7) is 5.93. The Bertz CT molecular complexity index is 357. The number of hydrogen-bond donors (Lipinski definition) is 1. The van der Waals surface area contributed by atoms with Crippen LogP contribution in [0, 0.1) is 0 Å². The summed E-state index contributed by atoms with van der Waals surface area (Å²) in [5.74, 6) is -0.468. The standard InChI is InChI=1S/C14H24N2O3/c1-10(2)15(7-4-6-14(18)19)12-9-13(17)16-8-3-5-11(12)16/h10-12H,3-9H2,1-2H3,(H,18,19). The molecule has 0 aromatic heterocycles. The predicted octanol–water partition coefficient (Wildman–Crippen LogP) is 1.32. The van der Waals surface area contributed by atoms with E-state index in [9.17, 15) is 9.59 Å². The van der Waals surface area contributed by atoms with Crippen molar-refractivity contribution < 1.29 is 14.7 Å². The summed E-state index contributed by atoms with van der Waals surface area (Å²) in [5.41, 5.74) is 0. The molecule has 0 spiro atoms. The fourth-order valence-electron chi connectivity index (χ4n) is 3.49. The number of carbonyl (C=O) groups excluding carboxylic acids is 1. The fraction of sp³-hybridized carbons (Fsp3) is 0.857. The van der Waals surface area contributed by atoms with Crippen LogP contribution in [0.2, 0.25) is 0 Å². The zero-order valence-corrected chi connectivity index (χ0v) is 11.8. The number of aliphatic carboxylic acids is 1. The number of hydrogen-bond acceptors (Lipinski definition) is 3. The van der Waals surface area contributed by atoms with Crippen LogP contribution in [0.25, 0.3) is 0 Å². The summed E-state index contributed by atoms with van der Waals surface area (Å²) >= 11 is 0. The molecular formula is C14H24N2O3. The first-order chi connectivity index (χ1) is 9.00. The SMILES string of the molecule is CC(C)N(CCCC(=O)O)C1CC(=O)N2CCCC12. The van der Waals surface area contributed by atoms with Gasteiger partial charge in [0.05, 0.1) is 0 Å². The van der Waals surface area contributed by atoms with Crippen LogP contribution in [-0.2, 0) is 9.59 Å². The summed E-state index contributed by atoms with van der Waals surface area (Å²) in [6, 6.07) is 0.996. The molecule has 2 rings (SSSR count). The zero-order valence-electron chi connectivity index (χ0n) is 11.8. The molecule has 19 heavy (non-hydrogen) atoms. The van der Waals surface area contributed by atoms with Crippen LogP contribution < -0.4 is 0 Å². The van der Waals surface area contributed by atoms with Gasteiger partial charge in [0.15, 0.2) is 0 Å². The second-order valence-electron chi connectivity index (χ2n) is 5.90. The first-order valence-electron chi connectivity index (χ1n) is 7.27. The van der Waals surface area contributed by atoms with E-state index in [2.05, 4.69) is 18.7 Å². The van der Waals surface area contributed by atoms with Gasteiger partial charge >= 0.3 is 5.97 Å². The minimum atomic E-state index is -0.742. The van der Waals surface area contributed by atoms with Crippen LogP contribution in [0.15, 0.2) is 0 Å². The van der Waals surface area contributed by atoms with Crippen LogP contribution in [0.5, 0.6) is 0 Å². The number of carboxylic acids is 1. The molecule has 0 saturated carbocycles. The summed E-state index contributed by atoms with van der Waals surface area (Å²) in [7, 11) is 0. The van der Waals surface area contributed by atoms with E-state index in [1.165, 1.54) is 0 Å². The summed E-state index contributed by atoms with van der Waals surface area (Å²) in [5, 5.41) is 8.74. The van der Waals surface area contributed by atoms with E-state index >= 15 is 0 Å². The van der Waals surface area contributed by atoms with E-state index in [0.717, 1.165) is 25.9 Å². The molecule has 108 valence electrons. The average molecular weight is 268 g/mol. The molecule has 0 aromatic rings. The van der Waals surface area contributed by atoms with Gasteiger partial charge in [-0.15, -0.1) is 0 Å². The van der Waals surface area contributed by atoms with Crippen molar-refractivity contribution in [2.24, 2.45) is 0 Å². The highest BCUT2D eigenvalue weighted by Crippen LogP contribution is 2.33. The van der Waals surface area contributed by atoms with Crippen molar-refractivity contribution in [2.45, 2.75) is 64.1 Å². The molecule has 5 nitrogen and oxygen atoms in total. The fourth-order valence-corrected chi connectivity index (χ4v) is 3.49. The van der Waals surface area contributed by atoms with Gasteiger partial charge in [0.25, 0.3) is 0 Å². The van der Waals surface area contributed by atoms with Crippen LogP contribution in [-0.4, -0.2) is 58.0 Å². The molecule has 2 aliphatic heterocycles. The summed E-state index contributed by atoms with van der Waals surface area (Å²) < 4.78 is 0. The normalized spacial score (nSPS) is 26.5. The van der Waals surface area contributed by atoms with Gasteiger partial charge in [-0.1, -0.05) is 0 Å². The molecule has 1 amide bonds. The number of carbonyl (C=O) groups is 2. The molecule has 5 heteroatoms. The van der Waals surface area contributed by atoms with Gasteiger partial charge in [-0.05, 0) is 39.7 Å². The second-order valence-corrected chi connectivity index (χ2v) is 5.90. The highest BCUT2D eigenvalue weighted by Gasteiger charge is 2.45. The molecule has 0 aromatic carbocycles. The largest absolute Gasteiger partial charge is 0.481 e. The van der Waals surface area contributed by atoms with Crippen molar-refractivity contribution in [2.75, 3.05) is 13.1 Å². The average Bonchev–Trinajstić information content (AvgIpc) is 2.89. The van der Waals surface area contributed by atoms with Gasteiger partial charge in [0.2, 0.25) is 5.91 Å². The van der Waals surface area contributed by atoms with Crippen molar-refractivity contribution >= 4 is 11.9 Å². The molecule has 0 radical (unpaired) electrons. The lowest BCUT2D eigenvalue weighted by Crippen LogP contribution is -2.46. The third-order valence-electron chi connectivity index (χ3n) is 4.34. The molecule has 2 aliphatic rings. The molecule has 1 N–H and O–H groups in total. The van der Waals surface area contributed by atoms with Gasteiger partial charge in [-0.25, -0.2) is 0 Å². The minimum Gasteiger partial charge on any atom is -0.481 e. The molecule has 0 aliphatic carbocycles. The van der Waals surface area contributed by atoms with Crippen molar-refractivity contribution in [3.05, 3.63) is 0 Å². The number of amides is 1. The van der Waals surface area contributed by atoms with Crippen LogP contribution in [0.4, 0.5) is 0 Å². The predicted molar refractivity (Wildman–Crippen MR) is 71.9 cm³/mol. The van der Waals surface area contributed by atoms with Gasteiger partial charge in [0, 0.05) is 37.5 Å². The van der Waals surface area contributed by atoms with Gasteiger partial charge in [-0.3, -0.25) is 14.5 Å². The Labute approximate surface area is 114 Å². The molecule has 2 unspecified atom stereocenters. The zero-order chi connectivity index (χ0) is 14.0. The van der Waals surface area contributed by atoms with E-state index in [1.807, 2.05) is 4.90 Å². The topological polar surface area (TPSA) is 60.9 Å². The smallest absolute Gasteiger partial charge is 0.303 e. The van der Waals surface area contributed by atoms with E-state index in [0.29, 0.717) is 24.9 Å². The Morgan fingerprint density at radius 1 is 1.53 bits per heavy atom. The molecule has 2 fully saturated rings. The lowest BCUT2D eigenvalue weighted by Gasteiger charge is -2.35. The first kappa shape index (κ1) is 14.3. The van der Waals surface area contributed by atoms with Crippen molar-refractivity contribution in [1.82, 2.24) is 9.80 Å². The molecule has 0 bridgehead atoms. The van der Waals surface area contributed by atoms with Gasteiger partial charge in [0.1, 0.15) is 0 Å². The van der Waals surface area contributed by atoms with Crippen molar-refractivity contribution in [3.63, 3.8) is 0 Å². The van der Waals surface area contributed by atoms with Crippen LogP contribution in [0.1, 0.15) is 46.0 Å². The van der Waals surface area contributed by atoms with E-state index in [4.69, 9.17) is 5.11 Å². The minimum absolute atomic E-state index is 0.207. The van der Waals surface area contributed by atoms with E-state index in [1.54, 1.807) is 0 Å². The van der Waals surface area contributed by atoms with Crippen LogP contribution >= 0.6 is 0 Å². The molecule has 2 atom stereocenters. The number of rotatable bonds is 6. The van der Waals surface area contributed by atoms with E-state index < -0.39 is 5.97 Å². The summed E-state index contributed by atoms with van der Waals surface area (Å²) in [6.07, 6.45) is 3.67. The van der Waals surface area contributed by atoms with Crippen molar-refractivity contribution in [1.29, 1.82) is 0 Å². The maximum atomic E-state index is 12.0. The maximum absolute atomic E-state index is 12.0. The Morgan fingerprint density at radius 3 is 2.89 bits per heavy atom. The maximum Gasteiger partial charge on any atom is 0.303 e. The molecule has 2 saturated heterocycles. The number of nitrogens with zero attached hydrogens (tertiary/aromatic N) is 2. The summed E-state index contributed by atoms with van der Waals surface area (Å²) in [4.78, 5) is 27.0. The van der Waals surface area contributed by atoms with Gasteiger partial charge < -0.3 is 10.0 Å². The molecule has 2 heterocycles. The molecular weight excluding hydrogens is 244 g/mol. The Balaban J connectivity index is 1.98. The Hall–Kier alpha value is -1.10. The highest BCUT2D eigenvalue weighted by atomic mass is 16.4. The Kier molecular flexibility index (Phi) is 4.45. The second kappa shape index (κ2) is 5.90. The lowest BCUT2D eigenvalue weighted by molar-refractivity contribution is -0.137. The lowest BCUT2D eigenvalue weighted by atomic mass is 10.0. The first-order valence-corrected chi connectivity index (χ1v) is 7.27. The quantitative estimate of drug-likeness (QED) is 0.789. The third-order valence-corrected chi connectivity index (χ3v) is 4.34. The Morgan fingerprint density at radius 2 is 2.26 bits per heavy atom. The third kappa shape index (κ3) is 3.08. The highest BCUT2D eigenvalue weighted by molar-refractivity contribution is 5.80. The van der Waals surface area contributed by atoms with Crippen molar-refractivity contribution in [3.8, 4) is 0 Å². The van der Waals surface area contributed by atoms with Crippen LogP contribution in [0.3, 0.4) is 0 Å². The van der Waals surface area contributed by atoms with Gasteiger partial charge in [-0.2, -0.15) is 0 Å². The number of fused-ring (bicyclic) bond motifs is 1.